The molecule has 0 radical (unpaired) electrons. The summed E-state index contributed by atoms with van der Waals surface area (Å²) in [5.41, 5.74) is 1.32. The van der Waals surface area contributed by atoms with Crippen LogP contribution in [0.15, 0.2) is 42.6 Å². The zero-order valence-corrected chi connectivity index (χ0v) is 9.05. The number of aliphatic hydroxyl groups is 2. The number of hydrogen-bond acceptors (Lipinski definition) is 3. The highest BCUT2D eigenvalue weighted by Gasteiger charge is 2.11. The lowest BCUT2D eigenvalue weighted by molar-refractivity contribution is -0.0430. The van der Waals surface area contributed by atoms with Gasteiger partial charge in [-0.05, 0) is 17.7 Å². The first-order valence-corrected chi connectivity index (χ1v) is 5.22. The molecule has 0 unspecified atom stereocenters. The Kier molecular flexibility index (Phi) is 3.46. The van der Waals surface area contributed by atoms with E-state index in [0.29, 0.717) is 16.8 Å². The molecule has 0 aliphatic carbocycles. The summed E-state index contributed by atoms with van der Waals surface area (Å²) < 4.78 is 13.4. The van der Waals surface area contributed by atoms with Gasteiger partial charge < -0.3 is 10.2 Å². The van der Waals surface area contributed by atoms with E-state index in [1.807, 2.05) is 0 Å². The molecule has 2 aromatic rings. The largest absolute Gasteiger partial charge is 0.364 e. The second-order valence-corrected chi connectivity index (χ2v) is 3.68. The monoisotopic (exact) mass is 233 g/mol. The Balaban J connectivity index is 2.34. The van der Waals surface area contributed by atoms with Gasteiger partial charge in [0.05, 0.1) is 5.69 Å². The summed E-state index contributed by atoms with van der Waals surface area (Å²) in [4.78, 5) is 3.94. The second kappa shape index (κ2) is 5.03. The molecule has 0 saturated carbocycles. The van der Waals surface area contributed by atoms with Crippen LogP contribution in [0.2, 0.25) is 0 Å². The molecule has 0 amide bonds. The third-order valence-electron chi connectivity index (χ3n) is 2.53. The predicted octanol–water partition coefficient (Wildman–Crippen LogP) is 1.79. The van der Waals surface area contributed by atoms with Crippen molar-refractivity contribution in [3.63, 3.8) is 0 Å². The molecule has 1 aromatic carbocycles. The van der Waals surface area contributed by atoms with Gasteiger partial charge in [0, 0.05) is 18.2 Å². The highest BCUT2D eigenvalue weighted by molar-refractivity contribution is 5.31. The quantitative estimate of drug-likeness (QED) is 0.795. The summed E-state index contributed by atoms with van der Waals surface area (Å²) in [6.45, 7) is 0. The molecule has 0 spiro atoms. The molecule has 88 valence electrons. The Hall–Kier alpha value is -1.78. The van der Waals surface area contributed by atoms with Crippen LogP contribution in [0.5, 0.6) is 0 Å². The van der Waals surface area contributed by atoms with Crippen LogP contribution >= 0.6 is 0 Å². The van der Waals surface area contributed by atoms with Crippen molar-refractivity contribution in [2.75, 3.05) is 0 Å². The first-order valence-electron chi connectivity index (χ1n) is 5.22. The summed E-state index contributed by atoms with van der Waals surface area (Å²) in [6, 6.07) is 9.64. The average Bonchev–Trinajstić information content (AvgIpc) is 2.32. The summed E-state index contributed by atoms with van der Waals surface area (Å²) in [6.07, 6.45) is 0.189. The molecule has 0 saturated heterocycles. The van der Waals surface area contributed by atoms with Crippen molar-refractivity contribution in [2.24, 2.45) is 0 Å². The van der Waals surface area contributed by atoms with Gasteiger partial charge in [-0.2, -0.15) is 0 Å². The van der Waals surface area contributed by atoms with Crippen molar-refractivity contribution in [2.45, 2.75) is 12.7 Å². The van der Waals surface area contributed by atoms with Crippen LogP contribution in [0.1, 0.15) is 23.1 Å². The van der Waals surface area contributed by atoms with E-state index in [-0.39, 0.29) is 6.42 Å². The van der Waals surface area contributed by atoms with Gasteiger partial charge in [0.25, 0.3) is 0 Å². The summed E-state index contributed by atoms with van der Waals surface area (Å²) >= 11 is 0. The Bertz CT molecular complexity index is 514. The zero-order chi connectivity index (χ0) is 12.3. The highest BCUT2D eigenvalue weighted by Crippen LogP contribution is 2.19. The number of halogens is 1. The smallest absolute Gasteiger partial charge is 0.178 e. The zero-order valence-electron chi connectivity index (χ0n) is 9.05. The molecule has 2 rings (SSSR count). The second-order valence-electron chi connectivity index (χ2n) is 3.68. The molecule has 0 aliphatic heterocycles. The fourth-order valence-electron chi connectivity index (χ4n) is 1.68. The molecule has 4 heteroatoms. The van der Waals surface area contributed by atoms with Gasteiger partial charge in [0.2, 0.25) is 0 Å². The normalized spacial score (nSPS) is 10.8. The van der Waals surface area contributed by atoms with Crippen molar-refractivity contribution in [3.05, 3.63) is 65.2 Å². The van der Waals surface area contributed by atoms with Gasteiger partial charge in [-0.25, -0.2) is 4.39 Å². The third-order valence-corrected chi connectivity index (χ3v) is 2.53. The number of pyridine rings is 1. The Morgan fingerprint density at radius 2 is 1.88 bits per heavy atom. The van der Waals surface area contributed by atoms with Gasteiger partial charge >= 0.3 is 0 Å². The van der Waals surface area contributed by atoms with Gasteiger partial charge in [-0.1, -0.05) is 24.3 Å². The van der Waals surface area contributed by atoms with Crippen molar-refractivity contribution < 1.29 is 14.6 Å². The van der Waals surface area contributed by atoms with Crippen LogP contribution in [0.3, 0.4) is 0 Å². The first-order chi connectivity index (χ1) is 8.18. The van der Waals surface area contributed by atoms with E-state index in [9.17, 15) is 14.6 Å². The molecule has 0 fully saturated rings. The van der Waals surface area contributed by atoms with E-state index in [0.717, 1.165) is 0 Å². The Morgan fingerprint density at radius 3 is 2.59 bits per heavy atom. The number of hydrogen-bond donors (Lipinski definition) is 2. The lowest BCUT2D eigenvalue weighted by Crippen LogP contribution is -2.03. The number of aliphatic hydroxyl groups excluding tert-OH is 1. The molecular weight excluding hydrogens is 221 g/mol. The topological polar surface area (TPSA) is 53.4 Å². The van der Waals surface area contributed by atoms with Crippen LogP contribution in [-0.4, -0.2) is 15.2 Å². The Labute approximate surface area is 98.2 Å². The molecule has 1 heterocycles. The van der Waals surface area contributed by atoms with Gasteiger partial charge in [0.1, 0.15) is 5.82 Å². The fraction of sp³-hybridized carbons (Fsp3) is 0.154. The maximum Gasteiger partial charge on any atom is 0.178 e. The maximum atomic E-state index is 13.4. The van der Waals surface area contributed by atoms with Crippen LogP contribution in [0.4, 0.5) is 4.39 Å². The van der Waals surface area contributed by atoms with E-state index < -0.39 is 12.1 Å². The first kappa shape index (κ1) is 11.7. The predicted molar refractivity (Wildman–Crippen MR) is 60.6 cm³/mol. The fourth-order valence-corrected chi connectivity index (χ4v) is 1.68. The van der Waals surface area contributed by atoms with Crippen LogP contribution in [0.25, 0.3) is 0 Å². The van der Waals surface area contributed by atoms with E-state index >= 15 is 0 Å². The SMILES string of the molecule is OC(O)c1ccccc1Cc1ncccc1F. The lowest BCUT2D eigenvalue weighted by Gasteiger charge is -2.10. The molecule has 0 aliphatic rings. The van der Waals surface area contributed by atoms with Crippen molar-refractivity contribution >= 4 is 0 Å². The van der Waals surface area contributed by atoms with Crippen LogP contribution in [-0.2, 0) is 6.42 Å². The van der Waals surface area contributed by atoms with E-state index in [2.05, 4.69) is 4.98 Å². The standard InChI is InChI=1S/C13H12FNO2/c14-11-6-3-7-15-12(11)8-9-4-1-2-5-10(9)13(16)17/h1-7,13,16-17H,8H2. The third kappa shape index (κ3) is 2.67. The molecule has 17 heavy (non-hydrogen) atoms. The van der Waals surface area contributed by atoms with Crippen LogP contribution in [0, 0.1) is 5.82 Å². The van der Waals surface area contributed by atoms with Crippen LogP contribution < -0.4 is 0 Å². The summed E-state index contributed by atoms with van der Waals surface area (Å²) in [5, 5.41) is 18.4. The maximum absolute atomic E-state index is 13.4. The van der Waals surface area contributed by atoms with E-state index in [1.165, 1.54) is 18.3 Å². The molecule has 0 atom stereocenters. The van der Waals surface area contributed by atoms with Crippen molar-refractivity contribution in [1.29, 1.82) is 0 Å². The van der Waals surface area contributed by atoms with E-state index in [1.54, 1.807) is 24.3 Å². The Morgan fingerprint density at radius 1 is 1.12 bits per heavy atom. The highest BCUT2D eigenvalue weighted by atomic mass is 19.1. The van der Waals surface area contributed by atoms with Crippen molar-refractivity contribution in [1.82, 2.24) is 4.98 Å². The minimum absolute atomic E-state index is 0.237. The summed E-state index contributed by atoms with van der Waals surface area (Å²) in [5.74, 6) is -0.394. The molecule has 3 nitrogen and oxygen atoms in total. The van der Waals surface area contributed by atoms with Gasteiger partial charge in [-0.3, -0.25) is 4.98 Å². The molecule has 2 N–H and O–H groups in total. The van der Waals surface area contributed by atoms with E-state index in [4.69, 9.17) is 0 Å². The molecule has 1 aromatic heterocycles. The number of aromatic nitrogens is 1. The molecule has 0 bridgehead atoms. The van der Waals surface area contributed by atoms with Gasteiger partial charge in [-0.15, -0.1) is 0 Å². The lowest BCUT2D eigenvalue weighted by atomic mass is 10.0. The number of rotatable bonds is 3. The van der Waals surface area contributed by atoms with Gasteiger partial charge in [0.15, 0.2) is 6.29 Å². The number of nitrogens with zero attached hydrogens (tertiary/aromatic N) is 1. The minimum Gasteiger partial charge on any atom is -0.364 e. The molecular formula is C13H12FNO2. The van der Waals surface area contributed by atoms with Crippen molar-refractivity contribution in [3.8, 4) is 0 Å². The minimum atomic E-state index is -1.56. The number of benzene rings is 1. The average molecular weight is 233 g/mol. The summed E-state index contributed by atoms with van der Waals surface area (Å²) in [7, 11) is 0.